The van der Waals surface area contributed by atoms with Gasteiger partial charge in [0.2, 0.25) is 0 Å². The molecule has 4 heteroatoms. The van der Waals surface area contributed by atoms with Gasteiger partial charge in [-0.3, -0.25) is 4.98 Å². The monoisotopic (exact) mass is 283 g/mol. The lowest BCUT2D eigenvalue weighted by molar-refractivity contribution is 0.194. The Hall–Kier alpha value is -2.46. The van der Waals surface area contributed by atoms with E-state index in [0.29, 0.717) is 11.3 Å². The van der Waals surface area contributed by atoms with Crippen LogP contribution in [-0.2, 0) is 0 Å². The molecule has 1 atom stereocenters. The maximum absolute atomic E-state index is 14.0. The highest BCUT2D eigenvalue weighted by atomic mass is 19.1. The maximum atomic E-state index is 14.0. The molecule has 106 valence electrons. The summed E-state index contributed by atoms with van der Waals surface area (Å²) in [6.45, 7) is 1.57. The molecule has 0 saturated heterocycles. The van der Waals surface area contributed by atoms with Crippen LogP contribution in [0.5, 0.6) is 11.5 Å². The quantitative estimate of drug-likeness (QED) is 0.782. The average Bonchev–Trinajstić information content (AvgIpc) is 2.49. The van der Waals surface area contributed by atoms with Crippen molar-refractivity contribution in [1.29, 1.82) is 0 Å². The van der Waals surface area contributed by atoms with Crippen molar-refractivity contribution in [3.05, 3.63) is 66.1 Å². The van der Waals surface area contributed by atoms with Crippen LogP contribution in [0, 0.1) is 5.82 Å². The Morgan fingerprint density at radius 2 is 2.00 bits per heavy atom. The molecule has 0 aliphatic rings. The molecule has 2 aromatic carbocycles. The highest BCUT2D eigenvalue weighted by Gasteiger charge is 2.14. The first kappa shape index (κ1) is 13.5. The predicted molar refractivity (Wildman–Crippen MR) is 78.9 cm³/mol. The number of pyridine rings is 1. The number of fused-ring (bicyclic) bond motifs is 1. The van der Waals surface area contributed by atoms with Gasteiger partial charge in [0.25, 0.3) is 0 Å². The predicted octanol–water partition coefficient (Wildman–Crippen LogP) is 4.22. The normalized spacial score (nSPS) is 12.3. The molecule has 0 aliphatic carbocycles. The average molecular weight is 283 g/mol. The van der Waals surface area contributed by atoms with Crippen LogP contribution in [0.3, 0.4) is 0 Å². The molecule has 0 radical (unpaired) electrons. The number of aromatic nitrogens is 1. The van der Waals surface area contributed by atoms with Crippen molar-refractivity contribution in [2.75, 3.05) is 0 Å². The molecule has 3 nitrogen and oxygen atoms in total. The Labute approximate surface area is 121 Å². The number of nitrogens with zero attached hydrogens (tertiary/aromatic N) is 1. The van der Waals surface area contributed by atoms with E-state index >= 15 is 0 Å². The molecule has 0 amide bonds. The Bertz CT molecular complexity index is 787. The van der Waals surface area contributed by atoms with Crippen LogP contribution < -0.4 is 4.74 Å². The number of para-hydroxylation sites is 1. The van der Waals surface area contributed by atoms with E-state index in [0.717, 1.165) is 10.9 Å². The first-order valence-corrected chi connectivity index (χ1v) is 6.64. The van der Waals surface area contributed by atoms with Gasteiger partial charge in [0.05, 0.1) is 11.6 Å². The standard InChI is InChI=1S/C17H14FNO2/c1-11(20)14-5-2-6-15(18)17(14)21-13-8-7-12-4-3-9-19-16(12)10-13/h2-11,20H,1H3. The summed E-state index contributed by atoms with van der Waals surface area (Å²) in [7, 11) is 0. The number of aliphatic hydroxyl groups excluding tert-OH is 1. The fourth-order valence-corrected chi connectivity index (χ4v) is 2.19. The lowest BCUT2D eigenvalue weighted by atomic mass is 10.1. The summed E-state index contributed by atoms with van der Waals surface area (Å²) in [4.78, 5) is 4.24. The zero-order valence-corrected chi connectivity index (χ0v) is 11.5. The Kier molecular flexibility index (Phi) is 3.54. The minimum atomic E-state index is -0.811. The van der Waals surface area contributed by atoms with E-state index in [1.807, 2.05) is 18.2 Å². The van der Waals surface area contributed by atoms with Crippen LogP contribution in [0.25, 0.3) is 10.9 Å². The number of aliphatic hydroxyl groups is 1. The van der Waals surface area contributed by atoms with Gasteiger partial charge in [0, 0.05) is 23.2 Å². The largest absolute Gasteiger partial charge is 0.454 e. The number of hydrogen-bond donors (Lipinski definition) is 1. The molecule has 0 aliphatic heterocycles. The van der Waals surface area contributed by atoms with Gasteiger partial charge < -0.3 is 9.84 Å². The van der Waals surface area contributed by atoms with Gasteiger partial charge in [0.1, 0.15) is 5.75 Å². The van der Waals surface area contributed by atoms with Crippen molar-refractivity contribution in [2.24, 2.45) is 0 Å². The third-order valence-corrected chi connectivity index (χ3v) is 3.24. The van der Waals surface area contributed by atoms with E-state index in [1.54, 1.807) is 37.4 Å². The smallest absolute Gasteiger partial charge is 0.168 e. The second-order valence-electron chi connectivity index (χ2n) is 4.79. The molecule has 1 unspecified atom stereocenters. The summed E-state index contributed by atoms with van der Waals surface area (Å²) < 4.78 is 19.6. The molecular weight excluding hydrogens is 269 g/mol. The van der Waals surface area contributed by atoms with Gasteiger partial charge in [-0.1, -0.05) is 18.2 Å². The van der Waals surface area contributed by atoms with Crippen LogP contribution in [0.4, 0.5) is 4.39 Å². The van der Waals surface area contributed by atoms with Crippen LogP contribution in [0.15, 0.2) is 54.7 Å². The lowest BCUT2D eigenvalue weighted by Gasteiger charge is -2.14. The molecule has 1 N–H and O–H groups in total. The van der Waals surface area contributed by atoms with Gasteiger partial charge in [-0.15, -0.1) is 0 Å². The summed E-state index contributed by atoms with van der Waals surface area (Å²) in [6, 6.07) is 13.6. The molecule has 21 heavy (non-hydrogen) atoms. The van der Waals surface area contributed by atoms with Gasteiger partial charge >= 0.3 is 0 Å². The summed E-state index contributed by atoms with van der Waals surface area (Å²) in [6.07, 6.45) is 0.880. The van der Waals surface area contributed by atoms with E-state index in [2.05, 4.69) is 4.98 Å². The van der Waals surface area contributed by atoms with E-state index < -0.39 is 11.9 Å². The summed E-state index contributed by atoms with van der Waals surface area (Å²) in [5.74, 6) is 0.0190. The highest BCUT2D eigenvalue weighted by Crippen LogP contribution is 2.33. The van der Waals surface area contributed by atoms with Gasteiger partial charge in [-0.2, -0.15) is 0 Å². The zero-order valence-electron chi connectivity index (χ0n) is 11.5. The first-order valence-electron chi connectivity index (χ1n) is 6.64. The van der Waals surface area contributed by atoms with E-state index in [-0.39, 0.29) is 5.75 Å². The second-order valence-corrected chi connectivity index (χ2v) is 4.79. The first-order chi connectivity index (χ1) is 10.1. The fourth-order valence-electron chi connectivity index (χ4n) is 2.19. The summed E-state index contributed by atoms with van der Waals surface area (Å²) >= 11 is 0. The van der Waals surface area contributed by atoms with Crippen molar-refractivity contribution in [1.82, 2.24) is 4.98 Å². The van der Waals surface area contributed by atoms with E-state index in [4.69, 9.17) is 4.74 Å². The molecular formula is C17H14FNO2. The third kappa shape index (κ3) is 2.71. The Morgan fingerprint density at radius 3 is 2.81 bits per heavy atom. The molecule has 0 bridgehead atoms. The SMILES string of the molecule is CC(O)c1cccc(F)c1Oc1ccc2cccnc2c1. The summed E-state index contributed by atoms with van der Waals surface area (Å²) in [5.41, 5.74) is 1.18. The number of ether oxygens (including phenoxy) is 1. The third-order valence-electron chi connectivity index (χ3n) is 3.24. The number of halogens is 1. The number of benzene rings is 2. The zero-order chi connectivity index (χ0) is 14.8. The van der Waals surface area contributed by atoms with Crippen LogP contribution in [-0.4, -0.2) is 10.1 Å². The Balaban J connectivity index is 2.02. The Morgan fingerprint density at radius 1 is 1.14 bits per heavy atom. The molecule has 0 saturated carbocycles. The lowest BCUT2D eigenvalue weighted by Crippen LogP contribution is -1.98. The second kappa shape index (κ2) is 5.50. The molecule has 3 aromatic rings. The van der Waals surface area contributed by atoms with Crippen LogP contribution in [0.2, 0.25) is 0 Å². The number of hydrogen-bond acceptors (Lipinski definition) is 3. The van der Waals surface area contributed by atoms with Gasteiger partial charge in [0.15, 0.2) is 11.6 Å². The summed E-state index contributed by atoms with van der Waals surface area (Å²) in [5, 5.41) is 10.7. The van der Waals surface area contributed by atoms with Crippen molar-refractivity contribution < 1.29 is 14.2 Å². The molecule has 0 spiro atoms. The van der Waals surface area contributed by atoms with Crippen LogP contribution >= 0.6 is 0 Å². The van der Waals surface area contributed by atoms with E-state index in [9.17, 15) is 9.50 Å². The minimum Gasteiger partial charge on any atom is -0.454 e. The molecule has 1 heterocycles. The van der Waals surface area contributed by atoms with Crippen molar-refractivity contribution in [3.8, 4) is 11.5 Å². The van der Waals surface area contributed by atoms with E-state index in [1.165, 1.54) is 6.07 Å². The van der Waals surface area contributed by atoms with Crippen molar-refractivity contribution >= 4 is 10.9 Å². The fraction of sp³-hybridized carbons (Fsp3) is 0.118. The molecule has 0 fully saturated rings. The van der Waals surface area contributed by atoms with Gasteiger partial charge in [-0.05, 0) is 31.2 Å². The highest BCUT2D eigenvalue weighted by molar-refractivity contribution is 5.79. The minimum absolute atomic E-state index is 0.0442. The maximum Gasteiger partial charge on any atom is 0.168 e. The van der Waals surface area contributed by atoms with Crippen molar-refractivity contribution in [2.45, 2.75) is 13.0 Å². The topological polar surface area (TPSA) is 42.4 Å². The molecule has 1 aromatic heterocycles. The number of rotatable bonds is 3. The van der Waals surface area contributed by atoms with Gasteiger partial charge in [-0.25, -0.2) is 4.39 Å². The van der Waals surface area contributed by atoms with Crippen molar-refractivity contribution in [3.63, 3.8) is 0 Å². The van der Waals surface area contributed by atoms with Crippen LogP contribution in [0.1, 0.15) is 18.6 Å². The molecule has 3 rings (SSSR count).